The zero-order valence-electron chi connectivity index (χ0n) is 17.7. The molecule has 3 aromatic carbocycles. The highest BCUT2D eigenvalue weighted by Crippen LogP contribution is 2.36. The van der Waals surface area contributed by atoms with E-state index in [4.69, 9.17) is 4.74 Å². The largest absolute Gasteiger partial charge is 0.494 e. The Morgan fingerprint density at radius 2 is 1.74 bits per heavy atom. The van der Waals surface area contributed by atoms with E-state index in [1.54, 1.807) is 0 Å². The van der Waals surface area contributed by atoms with Crippen molar-refractivity contribution in [3.05, 3.63) is 95.7 Å². The maximum atomic E-state index is 14.7. The second-order valence-electron chi connectivity index (χ2n) is 8.05. The number of nitrogens with one attached hydrogen (secondary N) is 2. The molecular formula is C25H19F2N3O4. The summed E-state index contributed by atoms with van der Waals surface area (Å²) in [7, 11) is 0. The molecule has 0 bridgehead atoms. The van der Waals surface area contributed by atoms with Gasteiger partial charge in [0.25, 0.3) is 5.91 Å². The van der Waals surface area contributed by atoms with Gasteiger partial charge in [-0.15, -0.1) is 0 Å². The summed E-state index contributed by atoms with van der Waals surface area (Å²) in [6, 6.07) is 16.3. The van der Waals surface area contributed by atoms with Gasteiger partial charge in [0.05, 0.1) is 6.54 Å². The van der Waals surface area contributed by atoms with E-state index in [1.807, 2.05) is 30.3 Å². The molecule has 172 valence electrons. The standard InChI is InChI=1S/C25H19F2N3O4/c26-18-8-6-17(7-9-18)25(23(32)28-24(33)29-25)14-30-12-16-10-21(20(27)11-19(16)22(30)31)34-13-15-4-2-1-3-5-15/h1-12,31H,13-14H2,(H2,28,29,32,33). The van der Waals surface area contributed by atoms with Crippen LogP contribution < -0.4 is 15.4 Å². The average Bonchev–Trinajstić information content (AvgIpc) is 3.28. The molecule has 4 aromatic rings. The lowest BCUT2D eigenvalue weighted by atomic mass is 9.89. The molecule has 0 aliphatic carbocycles. The maximum Gasteiger partial charge on any atom is 0.322 e. The number of imide groups is 1. The first-order valence-corrected chi connectivity index (χ1v) is 10.4. The number of nitrogens with zero attached hydrogens (tertiary/aromatic N) is 1. The summed E-state index contributed by atoms with van der Waals surface area (Å²) in [5.41, 5.74) is -0.401. The fourth-order valence-electron chi connectivity index (χ4n) is 4.11. The Balaban J connectivity index is 1.50. The van der Waals surface area contributed by atoms with Crippen LogP contribution in [0.25, 0.3) is 10.8 Å². The second kappa shape index (κ2) is 8.18. The Morgan fingerprint density at radius 1 is 1.00 bits per heavy atom. The number of rotatable bonds is 6. The minimum Gasteiger partial charge on any atom is -0.494 e. The van der Waals surface area contributed by atoms with Gasteiger partial charge in [-0.2, -0.15) is 0 Å². The molecule has 3 amide bonds. The van der Waals surface area contributed by atoms with Gasteiger partial charge in [0.15, 0.2) is 23.0 Å². The van der Waals surface area contributed by atoms with E-state index in [0.717, 1.165) is 11.6 Å². The zero-order chi connectivity index (χ0) is 23.9. The fraction of sp³-hybridized carbons (Fsp3) is 0.120. The van der Waals surface area contributed by atoms with Crippen molar-refractivity contribution in [3.8, 4) is 11.6 Å². The monoisotopic (exact) mass is 463 g/mol. The Bertz CT molecular complexity index is 1400. The van der Waals surface area contributed by atoms with E-state index in [9.17, 15) is 23.5 Å². The molecule has 1 atom stereocenters. The molecule has 1 aliphatic heterocycles. The number of carbonyl (C=O) groups excluding carboxylic acids is 2. The molecule has 1 saturated heterocycles. The quantitative estimate of drug-likeness (QED) is 0.378. The number of aromatic hydroxyl groups is 1. The minimum absolute atomic E-state index is 0.00802. The van der Waals surface area contributed by atoms with Gasteiger partial charge in [-0.05, 0) is 35.4 Å². The number of fused-ring (bicyclic) bond motifs is 1. The highest BCUT2D eigenvalue weighted by molar-refractivity contribution is 6.07. The third kappa shape index (κ3) is 3.71. The van der Waals surface area contributed by atoms with Crippen LogP contribution in [0.2, 0.25) is 0 Å². The molecule has 0 spiro atoms. The summed E-state index contributed by atoms with van der Waals surface area (Å²) in [5, 5.41) is 16.2. The van der Waals surface area contributed by atoms with Crippen molar-refractivity contribution >= 4 is 22.7 Å². The maximum absolute atomic E-state index is 14.7. The van der Waals surface area contributed by atoms with Gasteiger partial charge in [-0.3, -0.25) is 10.1 Å². The Labute approximate surface area is 192 Å². The Hall–Kier alpha value is -4.40. The lowest BCUT2D eigenvalue weighted by Gasteiger charge is -2.27. The third-order valence-electron chi connectivity index (χ3n) is 5.84. The SMILES string of the molecule is O=C1NC(=O)C(Cn2cc3cc(OCc4ccccc4)c(F)cc3c2O)(c2ccc(F)cc2)N1. The van der Waals surface area contributed by atoms with Crippen molar-refractivity contribution < 1.29 is 28.2 Å². The van der Waals surface area contributed by atoms with E-state index < -0.39 is 29.1 Å². The van der Waals surface area contributed by atoms with Crippen LogP contribution in [0, 0.1) is 11.6 Å². The summed E-state index contributed by atoms with van der Waals surface area (Å²) in [6.45, 7) is -0.0472. The Kier molecular flexibility index (Phi) is 5.16. The number of halogens is 2. The average molecular weight is 463 g/mol. The van der Waals surface area contributed by atoms with Crippen LogP contribution in [-0.2, 0) is 23.5 Å². The van der Waals surface area contributed by atoms with Crippen molar-refractivity contribution in [2.24, 2.45) is 0 Å². The highest BCUT2D eigenvalue weighted by atomic mass is 19.1. The highest BCUT2D eigenvalue weighted by Gasteiger charge is 2.48. The predicted molar refractivity (Wildman–Crippen MR) is 119 cm³/mol. The number of hydrogen-bond acceptors (Lipinski definition) is 4. The molecule has 34 heavy (non-hydrogen) atoms. The zero-order valence-corrected chi connectivity index (χ0v) is 17.7. The van der Waals surface area contributed by atoms with Crippen molar-refractivity contribution in [1.29, 1.82) is 0 Å². The van der Waals surface area contributed by atoms with Crippen LogP contribution in [0.5, 0.6) is 11.6 Å². The van der Waals surface area contributed by atoms with Crippen LogP contribution in [-0.4, -0.2) is 21.6 Å². The van der Waals surface area contributed by atoms with E-state index in [0.29, 0.717) is 10.9 Å². The van der Waals surface area contributed by atoms with Crippen LogP contribution in [0.4, 0.5) is 13.6 Å². The molecule has 1 fully saturated rings. The van der Waals surface area contributed by atoms with Crippen LogP contribution in [0.1, 0.15) is 11.1 Å². The van der Waals surface area contributed by atoms with Gasteiger partial charge >= 0.3 is 6.03 Å². The first kappa shape index (κ1) is 21.4. The second-order valence-corrected chi connectivity index (χ2v) is 8.05. The summed E-state index contributed by atoms with van der Waals surface area (Å²) < 4.78 is 35.1. The van der Waals surface area contributed by atoms with Gasteiger partial charge in [0.1, 0.15) is 12.4 Å². The number of benzene rings is 3. The lowest BCUT2D eigenvalue weighted by molar-refractivity contribution is -0.124. The van der Waals surface area contributed by atoms with Gasteiger partial charge in [-0.1, -0.05) is 42.5 Å². The Morgan fingerprint density at radius 3 is 2.41 bits per heavy atom. The first-order chi connectivity index (χ1) is 16.4. The summed E-state index contributed by atoms with van der Waals surface area (Å²) in [5.74, 6) is -2.10. The van der Waals surface area contributed by atoms with Gasteiger partial charge < -0.3 is 19.7 Å². The summed E-state index contributed by atoms with van der Waals surface area (Å²) >= 11 is 0. The summed E-state index contributed by atoms with van der Waals surface area (Å²) in [4.78, 5) is 24.8. The van der Waals surface area contributed by atoms with Crippen LogP contribution in [0.15, 0.2) is 72.9 Å². The van der Waals surface area contributed by atoms with E-state index in [-0.39, 0.29) is 30.2 Å². The van der Waals surface area contributed by atoms with Gasteiger partial charge in [0.2, 0.25) is 0 Å². The molecule has 5 rings (SSSR count). The summed E-state index contributed by atoms with van der Waals surface area (Å²) in [6.07, 6.45) is 1.53. The van der Waals surface area contributed by atoms with E-state index >= 15 is 0 Å². The molecule has 1 aliphatic rings. The first-order valence-electron chi connectivity index (χ1n) is 10.4. The van der Waals surface area contributed by atoms with Gasteiger partial charge in [-0.25, -0.2) is 13.6 Å². The molecule has 1 aromatic heterocycles. The smallest absolute Gasteiger partial charge is 0.322 e. The van der Waals surface area contributed by atoms with Crippen LogP contribution in [0.3, 0.4) is 0 Å². The normalized spacial score (nSPS) is 17.6. The van der Waals surface area contributed by atoms with Crippen molar-refractivity contribution in [3.63, 3.8) is 0 Å². The molecule has 3 N–H and O–H groups in total. The fourth-order valence-corrected chi connectivity index (χ4v) is 4.11. The number of aromatic nitrogens is 1. The molecule has 2 heterocycles. The third-order valence-corrected chi connectivity index (χ3v) is 5.84. The lowest BCUT2D eigenvalue weighted by Crippen LogP contribution is -2.47. The molecule has 1 unspecified atom stereocenters. The number of amides is 3. The molecule has 0 radical (unpaired) electrons. The molecular weight excluding hydrogens is 444 g/mol. The number of ether oxygens (including phenoxy) is 1. The van der Waals surface area contributed by atoms with Crippen LogP contribution >= 0.6 is 0 Å². The molecule has 9 heteroatoms. The van der Waals surface area contributed by atoms with Crippen molar-refractivity contribution in [2.75, 3.05) is 0 Å². The van der Waals surface area contributed by atoms with E-state index in [2.05, 4.69) is 10.6 Å². The predicted octanol–water partition coefficient (Wildman–Crippen LogP) is 3.94. The van der Waals surface area contributed by atoms with Crippen molar-refractivity contribution in [1.82, 2.24) is 15.2 Å². The number of urea groups is 1. The van der Waals surface area contributed by atoms with Gasteiger partial charge in [0, 0.05) is 17.0 Å². The van der Waals surface area contributed by atoms with Crippen molar-refractivity contribution in [2.45, 2.75) is 18.7 Å². The number of carbonyl (C=O) groups is 2. The topological polar surface area (TPSA) is 92.6 Å². The number of hydrogen-bond donors (Lipinski definition) is 3. The molecule has 0 saturated carbocycles. The molecule has 7 nitrogen and oxygen atoms in total. The minimum atomic E-state index is -1.59. The van der Waals surface area contributed by atoms with E-state index in [1.165, 1.54) is 41.1 Å².